The molecular weight excluding hydrogens is 444 g/mol. The lowest BCUT2D eigenvalue weighted by molar-refractivity contribution is 0.0110. The molecule has 10 heteroatoms. The summed E-state index contributed by atoms with van der Waals surface area (Å²) in [5.74, 6) is 0.147. The molecule has 0 aromatic heterocycles. The molecule has 0 bridgehead atoms. The Hall–Kier alpha value is -2.49. The number of ether oxygens (including phenoxy) is 3. The summed E-state index contributed by atoms with van der Waals surface area (Å²) in [5.41, 5.74) is 0.316. The van der Waals surface area contributed by atoms with Crippen LogP contribution in [0.4, 0.5) is 5.69 Å². The van der Waals surface area contributed by atoms with E-state index in [9.17, 15) is 13.2 Å². The normalized spacial score (nSPS) is 16.7. The van der Waals surface area contributed by atoms with Gasteiger partial charge in [-0.15, -0.1) is 12.4 Å². The van der Waals surface area contributed by atoms with E-state index in [-0.39, 0.29) is 40.4 Å². The number of anilines is 1. The first kappa shape index (κ1) is 24.8. The summed E-state index contributed by atoms with van der Waals surface area (Å²) >= 11 is 0. The Balaban J connectivity index is 0.00000341. The molecule has 2 aromatic carbocycles. The number of nitrogens with one attached hydrogen (secondary N) is 1. The first-order valence-corrected chi connectivity index (χ1v) is 11.1. The average molecular weight is 471 g/mol. The number of nitrogens with zero attached hydrogens (tertiary/aromatic N) is 1. The Bertz CT molecular complexity index is 1010. The molecule has 1 heterocycles. The number of methoxy groups -OCH3 is 2. The Morgan fingerprint density at radius 2 is 1.81 bits per heavy atom. The van der Waals surface area contributed by atoms with Gasteiger partial charge in [0.1, 0.15) is 6.10 Å². The van der Waals surface area contributed by atoms with E-state index in [0.717, 1.165) is 19.4 Å². The van der Waals surface area contributed by atoms with Crippen LogP contribution in [0.2, 0.25) is 0 Å². The number of likely N-dealkylation sites (tertiary alicyclic amines) is 1. The van der Waals surface area contributed by atoms with Gasteiger partial charge < -0.3 is 19.1 Å². The molecule has 1 N–H and O–H groups in total. The molecule has 1 saturated heterocycles. The maximum absolute atomic E-state index is 12.9. The highest BCUT2D eigenvalue weighted by atomic mass is 35.5. The van der Waals surface area contributed by atoms with Crippen molar-refractivity contribution in [1.29, 1.82) is 0 Å². The Labute approximate surface area is 188 Å². The minimum absolute atomic E-state index is 0. The van der Waals surface area contributed by atoms with Gasteiger partial charge in [-0.2, -0.15) is 0 Å². The molecule has 1 unspecified atom stereocenters. The fourth-order valence-electron chi connectivity index (χ4n) is 3.37. The van der Waals surface area contributed by atoms with Crippen LogP contribution < -0.4 is 14.2 Å². The van der Waals surface area contributed by atoms with Crippen molar-refractivity contribution in [2.75, 3.05) is 39.1 Å². The summed E-state index contributed by atoms with van der Waals surface area (Å²) in [5, 5.41) is 0. The maximum Gasteiger partial charge on any atom is 0.340 e. The average Bonchev–Trinajstić information content (AvgIpc) is 2.73. The maximum atomic E-state index is 12.9. The third kappa shape index (κ3) is 6.03. The van der Waals surface area contributed by atoms with Crippen LogP contribution in [-0.2, 0) is 14.8 Å². The first-order chi connectivity index (χ1) is 14.3. The quantitative estimate of drug-likeness (QED) is 0.621. The minimum Gasteiger partial charge on any atom is -0.493 e. The summed E-state index contributed by atoms with van der Waals surface area (Å²) in [7, 11) is 0.902. The molecule has 8 nitrogen and oxygen atoms in total. The zero-order chi connectivity index (χ0) is 21.7. The van der Waals surface area contributed by atoms with Crippen molar-refractivity contribution in [1.82, 2.24) is 4.90 Å². The standard InChI is InChI=1S/C21H26N2O6S.ClH/c1-23-12-6-7-15(14-23)29-21(24)17-8-4-5-9-18(17)22-30(25,26)16-10-11-19(27-2)20(13-16)28-3;/h4-5,8-11,13,15,22H,6-7,12,14H2,1-3H3;1H. The molecule has 1 atom stereocenters. The number of halogens is 1. The van der Waals surface area contributed by atoms with Gasteiger partial charge in [0, 0.05) is 12.6 Å². The first-order valence-electron chi connectivity index (χ1n) is 9.57. The van der Waals surface area contributed by atoms with Gasteiger partial charge in [0.15, 0.2) is 11.5 Å². The molecular formula is C21H27ClN2O6S. The fraction of sp³-hybridized carbons (Fsp3) is 0.381. The highest BCUT2D eigenvalue weighted by molar-refractivity contribution is 7.92. The lowest BCUT2D eigenvalue weighted by atomic mass is 10.1. The Morgan fingerprint density at radius 3 is 2.48 bits per heavy atom. The minimum atomic E-state index is -3.97. The smallest absolute Gasteiger partial charge is 0.340 e. The van der Waals surface area contributed by atoms with Gasteiger partial charge in [-0.05, 0) is 50.7 Å². The highest BCUT2D eigenvalue weighted by Gasteiger charge is 2.25. The molecule has 0 spiro atoms. The van der Waals surface area contributed by atoms with Crippen molar-refractivity contribution < 1.29 is 27.4 Å². The number of rotatable bonds is 7. The monoisotopic (exact) mass is 470 g/mol. The molecule has 31 heavy (non-hydrogen) atoms. The number of hydrogen-bond donors (Lipinski definition) is 1. The fourth-order valence-corrected chi connectivity index (χ4v) is 4.46. The van der Waals surface area contributed by atoms with E-state index >= 15 is 0 Å². The zero-order valence-electron chi connectivity index (χ0n) is 17.7. The highest BCUT2D eigenvalue weighted by Crippen LogP contribution is 2.30. The summed E-state index contributed by atoms with van der Waals surface area (Å²) in [6.45, 7) is 1.63. The molecule has 3 rings (SSSR count). The number of carbonyl (C=O) groups is 1. The van der Waals surface area contributed by atoms with Crippen LogP contribution in [-0.4, -0.2) is 59.7 Å². The lowest BCUT2D eigenvalue weighted by Gasteiger charge is -2.29. The Kier molecular flexibility index (Phi) is 8.55. The molecule has 2 aromatic rings. The van der Waals surface area contributed by atoms with Crippen molar-refractivity contribution >= 4 is 34.1 Å². The second kappa shape index (κ2) is 10.7. The van der Waals surface area contributed by atoms with Crippen LogP contribution >= 0.6 is 12.4 Å². The number of para-hydroxylation sites is 1. The van der Waals surface area contributed by atoms with E-state index in [0.29, 0.717) is 12.3 Å². The van der Waals surface area contributed by atoms with Crippen molar-refractivity contribution in [3.8, 4) is 11.5 Å². The van der Waals surface area contributed by atoms with Gasteiger partial charge in [0.05, 0.1) is 30.4 Å². The van der Waals surface area contributed by atoms with Crippen molar-refractivity contribution in [2.45, 2.75) is 23.8 Å². The summed E-state index contributed by atoms with van der Waals surface area (Å²) in [6, 6.07) is 10.7. The predicted molar refractivity (Wildman–Crippen MR) is 120 cm³/mol. The Morgan fingerprint density at radius 1 is 1.10 bits per heavy atom. The number of hydrogen-bond acceptors (Lipinski definition) is 7. The van der Waals surface area contributed by atoms with E-state index in [1.807, 2.05) is 7.05 Å². The molecule has 1 aliphatic rings. The van der Waals surface area contributed by atoms with Crippen LogP contribution in [0.1, 0.15) is 23.2 Å². The predicted octanol–water partition coefficient (Wildman–Crippen LogP) is 3.18. The second-order valence-corrected chi connectivity index (χ2v) is 8.78. The van der Waals surface area contributed by atoms with Crippen molar-refractivity contribution in [2.24, 2.45) is 0 Å². The summed E-state index contributed by atoms with van der Waals surface area (Å²) in [4.78, 5) is 14.8. The molecule has 1 fully saturated rings. The van der Waals surface area contributed by atoms with Gasteiger partial charge >= 0.3 is 5.97 Å². The van der Waals surface area contributed by atoms with Gasteiger partial charge in [-0.25, -0.2) is 13.2 Å². The van der Waals surface area contributed by atoms with Crippen LogP contribution in [0.15, 0.2) is 47.4 Å². The molecule has 0 aliphatic carbocycles. The van der Waals surface area contributed by atoms with Crippen molar-refractivity contribution in [3.05, 3.63) is 48.0 Å². The summed E-state index contributed by atoms with van der Waals surface area (Å²) in [6.07, 6.45) is 1.52. The van der Waals surface area contributed by atoms with E-state index in [1.165, 1.54) is 38.5 Å². The number of esters is 1. The van der Waals surface area contributed by atoms with E-state index in [4.69, 9.17) is 14.2 Å². The van der Waals surface area contributed by atoms with Crippen LogP contribution in [0.3, 0.4) is 0 Å². The topological polar surface area (TPSA) is 94.2 Å². The van der Waals surface area contributed by atoms with Gasteiger partial charge in [0.25, 0.3) is 10.0 Å². The number of benzene rings is 2. The lowest BCUT2D eigenvalue weighted by Crippen LogP contribution is -2.38. The molecule has 170 valence electrons. The zero-order valence-corrected chi connectivity index (χ0v) is 19.3. The number of likely N-dealkylation sites (N-methyl/N-ethyl adjacent to an activating group) is 1. The number of sulfonamides is 1. The molecule has 0 saturated carbocycles. The van der Waals surface area contributed by atoms with Gasteiger partial charge in [-0.1, -0.05) is 12.1 Å². The number of piperidine rings is 1. The van der Waals surface area contributed by atoms with Gasteiger partial charge in [0.2, 0.25) is 0 Å². The van der Waals surface area contributed by atoms with E-state index in [2.05, 4.69) is 9.62 Å². The molecule has 0 amide bonds. The van der Waals surface area contributed by atoms with Crippen molar-refractivity contribution in [3.63, 3.8) is 0 Å². The molecule has 0 radical (unpaired) electrons. The van der Waals surface area contributed by atoms with Gasteiger partial charge in [-0.3, -0.25) is 4.72 Å². The second-order valence-electron chi connectivity index (χ2n) is 7.10. The third-order valence-corrected chi connectivity index (χ3v) is 6.27. The largest absolute Gasteiger partial charge is 0.493 e. The van der Waals surface area contributed by atoms with E-state index in [1.54, 1.807) is 18.2 Å². The summed E-state index contributed by atoms with van der Waals surface area (Å²) < 4.78 is 44.3. The van der Waals surface area contributed by atoms with Crippen LogP contribution in [0, 0.1) is 0 Å². The van der Waals surface area contributed by atoms with Crippen LogP contribution in [0.5, 0.6) is 11.5 Å². The number of carbonyl (C=O) groups excluding carboxylic acids is 1. The van der Waals surface area contributed by atoms with E-state index < -0.39 is 16.0 Å². The van der Waals surface area contributed by atoms with Crippen LogP contribution in [0.25, 0.3) is 0 Å². The SMILES string of the molecule is COc1ccc(S(=O)(=O)Nc2ccccc2C(=O)OC2CCCN(C)C2)cc1OC.Cl. The molecule has 1 aliphatic heterocycles. The third-order valence-electron chi connectivity index (χ3n) is 4.91.